The molecule has 2 heterocycles. The Kier molecular flexibility index (Phi) is 4.04. The molecule has 0 bridgehead atoms. The number of ketones is 1. The molecule has 0 saturated heterocycles. The van der Waals surface area contributed by atoms with E-state index in [1.54, 1.807) is 12.3 Å². The predicted molar refractivity (Wildman–Crippen MR) is 70.5 cm³/mol. The van der Waals surface area contributed by atoms with E-state index >= 15 is 0 Å². The summed E-state index contributed by atoms with van der Waals surface area (Å²) in [6, 6.07) is 1.62. The molecule has 0 spiro atoms. The second-order valence-corrected chi connectivity index (χ2v) is 6.20. The number of halogens is 2. The van der Waals surface area contributed by atoms with Crippen molar-refractivity contribution in [3.63, 3.8) is 0 Å². The maximum atomic E-state index is 11.1. The standard InChI is InChI=1S/C10H6Cl2N2OS2/c1-5(15)8-4-14-10(16-8)17-9-7(12)2-6(11)3-13-9/h2-4H,1H3. The van der Waals surface area contributed by atoms with Crippen LogP contribution in [0.4, 0.5) is 0 Å². The Balaban J connectivity index is 2.22. The number of hydrogen-bond donors (Lipinski definition) is 0. The lowest BCUT2D eigenvalue weighted by Crippen LogP contribution is -1.83. The molecule has 0 radical (unpaired) electrons. The number of rotatable bonds is 3. The summed E-state index contributed by atoms with van der Waals surface area (Å²) in [5, 5.41) is 1.59. The van der Waals surface area contributed by atoms with Gasteiger partial charge in [0.1, 0.15) is 5.03 Å². The van der Waals surface area contributed by atoms with Crippen molar-refractivity contribution in [2.75, 3.05) is 0 Å². The van der Waals surface area contributed by atoms with Crippen LogP contribution in [0.5, 0.6) is 0 Å². The molecule has 88 valence electrons. The van der Waals surface area contributed by atoms with Crippen molar-refractivity contribution >= 4 is 52.1 Å². The van der Waals surface area contributed by atoms with Crippen LogP contribution in [0.25, 0.3) is 0 Å². The van der Waals surface area contributed by atoms with Gasteiger partial charge in [-0.05, 0) is 17.8 Å². The Morgan fingerprint density at radius 3 is 2.71 bits per heavy atom. The molecule has 0 aliphatic rings. The van der Waals surface area contributed by atoms with Crippen molar-refractivity contribution < 1.29 is 4.79 Å². The third-order valence-electron chi connectivity index (χ3n) is 1.79. The van der Waals surface area contributed by atoms with Crippen LogP contribution in [0.1, 0.15) is 16.6 Å². The quantitative estimate of drug-likeness (QED) is 0.797. The lowest BCUT2D eigenvalue weighted by Gasteiger charge is -1.99. The Hall–Kier alpha value is -0.620. The topological polar surface area (TPSA) is 42.9 Å². The molecule has 0 amide bonds. The van der Waals surface area contributed by atoms with Gasteiger partial charge in [-0.2, -0.15) is 0 Å². The molecule has 7 heteroatoms. The molecule has 0 aliphatic heterocycles. The van der Waals surface area contributed by atoms with Gasteiger partial charge in [0.15, 0.2) is 10.1 Å². The predicted octanol–water partition coefficient (Wildman–Crippen LogP) is 4.20. The van der Waals surface area contributed by atoms with Gasteiger partial charge in [0.25, 0.3) is 0 Å². The van der Waals surface area contributed by atoms with Crippen molar-refractivity contribution in [2.24, 2.45) is 0 Å². The lowest BCUT2D eigenvalue weighted by molar-refractivity contribution is 0.102. The van der Waals surface area contributed by atoms with Crippen LogP contribution in [0, 0.1) is 0 Å². The van der Waals surface area contributed by atoms with Crippen LogP contribution >= 0.6 is 46.3 Å². The van der Waals surface area contributed by atoms with E-state index in [2.05, 4.69) is 9.97 Å². The number of carbonyl (C=O) groups is 1. The normalized spacial score (nSPS) is 10.5. The van der Waals surface area contributed by atoms with E-state index in [0.717, 1.165) is 4.34 Å². The Morgan fingerprint density at radius 1 is 1.35 bits per heavy atom. The highest BCUT2D eigenvalue weighted by molar-refractivity contribution is 8.01. The molecule has 0 unspecified atom stereocenters. The molecule has 2 aromatic rings. The van der Waals surface area contributed by atoms with E-state index in [9.17, 15) is 4.79 Å². The molecular weight excluding hydrogens is 299 g/mol. The van der Waals surface area contributed by atoms with E-state index in [1.165, 1.54) is 36.2 Å². The van der Waals surface area contributed by atoms with Crippen LogP contribution in [-0.2, 0) is 0 Å². The summed E-state index contributed by atoms with van der Waals surface area (Å²) < 4.78 is 0.729. The fraction of sp³-hybridized carbons (Fsp3) is 0.100. The van der Waals surface area contributed by atoms with Crippen molar-refractivity contribution in [3.05, 3.63) is 33.4 Å². The summed E-state index contributed by atoms with van der Waals surface area (Å²) in [6.45, 7) is 1.51. The minimum absolute atomic E-state index is 0.00418. The van der Waals surface area contributed by atoms with Gasteiger partial charge in [-0.15, -0.1) is 11.3 Å². The Labute approximate surface area is 116 Å². The highest BCUT2D eigenvalue weighted by Crippen LogP contribution is 2.34. The first-order valence-electron chi connectivity index (χ1n) is 4.52. The summed E-state index contributed by atoms with van der Waals surface area (Å²) >= 11 is 14.4. The highest BCUT2D eigenvalue weighted by Gasteiger charge is 2.10. The van der Waals surface area contributed by atoms with Crippen molar-refractivity contribution in [1.82, 2.24) is 9.97 Å². The lowest BCUT2D eigenvalue weighted by atomic mass is 10.4. The Bertz CT molecular complexity index is 571. The summed E-state index contributed by atoms with van der Waals surface area (Å²) in [7, 11) is 0. The van der Waals surface area contributed by atoms with E-state index in [0.29, 0.717) is 19.9 Å². The molecular formula is C10H6Cl2N2OS2. The SMILES string of the molecule is CC(=O)c1cnc(Sc2ncc(Cl)cc2Cl)s1. The van der Waals surface area contributed by atoms with Gasteiger partial charge in [0, 0.05) is 13.1 Å². The number of carbonyl (C=O) groups excluding carboxylic acids is 1. The number of aromatic nitrogens is 2. The first-order chi connectivity index (χ1) is 8.06. The summed E-state index contributed by atoms with van der Waals surface area (Å²) in [5.74, 6) is 0.00418. The number of Topliss-reactive ketones (excluding diaryl/α,β-unsaturated/α-hetero) is 1. The maximum absolute atomic E-state index is 11.1. The molecule has 0 saturated carbocycles. The zero-order chi connectivity index (χ0) is 12.4. The second-order valence-electron chi connectivity index (χ2n) is 3.09. The van der Waals surface area contributed by atoms with E-state index in [1.807, 2.05) is 0 Å². The molecule has 0 aromatic carbocycles. The maximum Gasteiger partial charge on any atom is 0.171 e. The van der Waals surface area contributed by atoms with Gasteiger partial charge in [0.2, 0.25) is 0 Å². The average molecular weight is 305 g/mol. The molecule has 17 heavy (non-hydrogen) atoms. The molecule has 0 aliphatic carbocycles. The molecule has 0 N–H and O–H groups in total. The fourth-order valence-corrected chi connectivity index (χ4v) is 3.27. The first-order valence-corrected chi connectivity index (χ1v) is 6.91. The fourth-order valence-electron chi connectivity index (χ4n) is 1.03. The average Bonchev–Trinajstić information content (AvgIpc) is 2.71. The monoisotopic (exact) mass is 304 g/mol. The summed E-state index contributed by atoms with van der Waals surface area (Å²) in [5.41, 5.74) is 0. The number of thiazole rings is 1. The Morgan fingerprint density at radius 2 is 2.12 bits per heavy atom. The second kappa shape index (κ2) is 5.35. The molecule has 0 atom stereocenters. The molecule has 2 aromatic heterocycles. The zero-order valence-corrected chi connectivity index (χ0v) is 11.8. The largest absolute Gasteiger partial charge is 0.294 e. The zero-order valence-electron chi connectivity index (χ0n) is 8.61. The summed E-state index contributed by atoms with van der Waals surface area (Å²) in [6.07, 6.45) is 3.08. The van der Waals surface area contributed by atoms with Crippen molar-refractivity contribution in [1.29, 1.82) is 0 Å². The minimum atomic E-state index is 0.00418. The van der Waals surface area contributed by atoms with Crippen molar-refractivity contribution in [2.45, 2.75) is 16.3 Å². The molecule has 0 fully saturated rings. The van der Waals surface area contributed by atoms with Crippen LogP contribution in [0.3, 0.4) is 0 Å². The van der Waals surface area contributed by atoms with Gasteiger partial charge < -0.3 is 0 Å². The number of hydrogen-bond acceptors (Lipinski definition) is 5. The smallest absolute Gasteiger partial charge is 0.171 e. The van der Waals surface area contributed by atoms with Gasteiger partial charge in [-0.25, -0.2) is 9.97 Å². The van der Waals surface area contributed by atoms with E-state index < -0.39 is 0 Å². The third-order valence-corrected chi connectivity index (χ3v) is 4.59. The third kappa shape index (κ3) is 3.19. The molecule has 2 rings (SSSR count). The van der Waals surface area contributed by atoms with Crippen molar-refractivity contribution in [3.8, 4) is 0 Å². The summed E-state index contributed by atoms with van der Waals surface area (Å²) in [4.78, 5) is 20.0. The van der Waals surface area contributed by atoms with Gasteiger partial charge >= 0.3 is 0 Å². The molecule has 3 nitrogen and oxygen atoms in total. The number of pyridine rings is 1. The first kappa shape index (κ1) is 12.8. The number of nitrogens with zero attached hydrogens (tertiary/aromatic N) is 2. The van der Waals surface area contributed by atoms with Crippen LogP contribution in [0.15, 0.2) is 27.8 Å². The van der Waals surface area contributed by atoms with Crippen LogP contribution in [0.2, 0.25) is 10.0 Å². The van der Waals surface area contributed by atoms with E-state index in [-0.39, 0.29) is 5.78 Å². The highest BCUT2D eigenvalue weighted by atomic mass is 35.5. The van der Waals surface area contributed by atoms with Crippen LogP contribution in [-0.4, -0.2) is 15.8 Å². The minimum Gasteiger partial charge on any atom is -0.294 e. The van der Waals surface area contributed by atoms with Gasteiger partial charge in [-0.3, -0.25) is 4.79 Å². The van der Waals surface area contributed by atoms with Crippen LogP contribution < -0.4 is 0 Å². The van der Waals surface area contributed by atoms with Gasteiger partial charge in [0.05, 0.1) is 21.1 Å². The van der Waals surface area contributed by atoms with E-state index in [4.69, 9.17) is 23.2 Å². The van der Waals surface area contributed by atoms with Gasteiger partial charge in [-0.1, -0.05) is 23.2 Å².